The molecule has 1 fully saturated rings. The Morgan fingerprint density at radius 2 is 2.37 bits per heavy atom. The van der Waals surface area contributed by atoms with Gasteiger partial charge in [-0.05, 0) is 30.5 Å². The molecule has 2 heterocycles. The number of H-pyrrole nitrogens is 1. The van der Waals surface area contributed by atoms with Crippen molar-refractivity contribution in [1.29, 1.82) is 0 Å². The fourth-order valence-electron chi connectivity index (χ4n) is 2.73. The van der Waals surface area contributed by atoms with E-state index in [2.05, 4.69) is 21.8 Å². The lowest BCUT2D eigenvalue weighted by molar-refractivity contribution is 0.0312. The summed E-state index contributed by atoms with van der Waals surface area (Å²) in [5, 5.41) is 9.74. The maximum absolute atomic E-state index is 9.74. The maximum atomic E-state index is 9.74. The van der Waals surface area contributed by atoms with Crippen LogP contribution < -0.4 is 5.73 Å². The number of nitrogens with two attached hydrogens (primary N) is 1. The molecule has 1 aliphatic rings. The van der Waals surface area contributed by atoms with Crippen LogP contribution in [-0.2, 0) is 6.54 Å². The van der Waals surface area contributed by atoms with Crippen LogP contribution in [0.4, 0.5) is 5.69 Å². The molecule has 3 rings (SSSR count). The van der Waals surface area contributed by atoms with Crippen molar-refractivity contribution >= 4 is 16.7 Å². The number of hydrogen-bond donors (Lipinski definition) is 3. The van der Waals surface area contributed by atoms with Crippen molar-refractivity contribution in [2.45, 2.75) is 26.0 Å². The molecule has 0 aliphatic carbocycles. The number of nitrogens with zero attached hydrogens (tertiary/aromatic N) is 2. The first-order valence-electron chi connectivity index (χ1n) is 6.76. The van der Waals surface area contributed by atoms with Gasteiger partial charge in [0.15, 0.2) is 0 Å². The number of nitrogen functional groups attached to an aromatic ring is 1. The molecule has 2 atom stereocenters. The van der Waals surface area contributed by atoms with E-state index in [1.54, 1.807) is 0 Å². The molecule has 0 spiro atoms. The van der Waals surface area contributed by atoms with Crippen LogP contribution in [0.3, 0.4) is 0 Å². The molecule has 102 valence electrons. The normalized spacial score (nSPS) is 24.9. The second-order valence-electron chi connectivity index (χ2n) is 5.53. The number of aliphatic hydroxyl groups is 1. The first-order chi connectivity index (χ1) is 9.11. The van der Waals surface area contributed by atoms with Gasteiger partial charge in [0.2, 0.25) is 0 Å². The Labute approximate surface area is 112 Å². The highest BCUT2D eigenvalue weighted by Crippen LogP contribution is 2.20. The van der Waals surface area contributed by atoms with Crippen LogP contribution in [0, 0.1) is 5.92 Å². The number of piperidine rings is 1. The molecule has 5 nitrogen and oxygen atoms in total. The Hall–Kier alpha value is -1.59. The minimum atomic E-state index is -0.160. The lowest BCUT2D eigenvalue weighted by Gasteiger charge is -2.33. The van der Waals surface area contributed by atoms with Gasteiger partial charge in [0.25, 0.3) is 0 Å². The third-order valence-electron chi connectivity index (χ3n) is 3.87. The van der Waals surface area contributed by atoms with Crippen molar-refractivity contribution in [3.63, 3.8) is 0 Å². The number of imidazole rings is 1. The SMILES string of the molecule is CC1CN(Cc2nc3ccc(N)cc3[nH]2)CCC1O. The fraction of sp³-hybridized carbons (Fsp3) is 0.500. The lowest BCUT2D eigenvalue weighted by Crippen LogP contribution is -2.41. The van der Waals surface area contributed by atoms with E-state index in [0.29, 0.717) is 5.92 Å². The molecule has 0 bridgehead atoms. The van der Waals surface area contributed by atoms with Crippen molar-refractivity contribution in [3.8, 4) is 0 Å². The monoisotopic (exact) mass is 260 g/mol. The summed E-state index contributed by atoms with van der Waals surface area (Å²) in [6, 6.07) is 5.72. The number of aliphatic hydroxyl groups excluding tert-OH is 1. The predicted octanol–water partition coefficient (Wildman–Crippen LogP) is 1.35. The molecule has 2 aromatic rings. The van der Waals surface area contributed by atoms with Crippen LogP contribution in [0.25, 0.3) is 11.0 Å². The summed E-state index contributed by atoms with van der Waals surface area (Å²) in [6.45, 7) is 4.73. The molecular formula is C14H20N4O. The summed E-state index contributed by atoms with van der Waals surface area (Å²) in [5.74, 6) is 1.29. The molecule has 19 heavy (non-hydrogen) atoms. The Kier molecular flexibility index (Phi) is 3.16. The van der Waals surface area contributed by atoms with Crippen LogP contribution >= 0.6 is 0 Å². The standard InChI is InChI=1S/C14H20N4O/c1-9-7-18(5-4-13(9)19)8-14-16-11-3-2-10(15)6-12(11)17-14/h2-3,6,9,13,19H,4-5,7-8,15H2,1H3,(H,16,17). The summed E-state index contributed by atoms with van der Waals surface area (Å²) < 4.78 is 0. The first-order valence-corrected chi connectivity index (χ1v) is 6.76. The molecule has 1 aliphatic heterocycles. The molecule has 0 amide bonds. The quantitative estimate of drug-likeness (QED) is 0.712. The summed E-state index contributed by atoms with van der Waals surface area (Å²) in [5.41, 5.74) is 8.45. The van der Waals surface area contributed by atoms with E-state index in [0.717, 1.165) is 48.6 Å². The zero-order valence-electron chi connectivity index (χ0n) is 11.1. The van der Waals surface area contributed by atoms with Gasteiger partial charge in [-0.15, -0.1) is 0 Å². The molecule has 1 aromatic carbocycles. The number of fused-ring (bicyclic) bond motifs is 1. The fourth-order valence-corrected chi connectivity index (χ4v) is 2.73. The minimum Gasteiger partial charge on any atom is -0.399 e. The number of aromatic nitrogens is 2. The van der Waals surface area contributed by atoms with Crippen molar-refractivity contribution in [2.75, 3.05) is 18.8 Å². The van der Waals surface area contributed by atoms with Crippen LogP contribution in [0.2, 0.25) is 0 Å². The van der Waals surface area contributed by atoms with Crippen molar-refractivity contribution in [2.24, 2.45) is 5.92 Å². The van der Waals surface area contributed by atoms with E-state index in [1.807, 2.05) is 18.2 Å². The van der Waals surface area contributed by atoms with Gasteiger partial charge in [-0.25, -0.2) is 4.98 Å². The Bertz CT molecular complexity index is 580. The number of aromatic amines is 1. The zero-order chi connectivity index (χ0) is 13.4. The van der Waals surface area contributed by atoms with Gasteiger partial charge < -0.3 is 15.8 Å². The van der Waals surface area contributed by atoms with Gasteiger partial charge in [-0.3, -0.25) is 4.90 Å². The van der Waals surface area contributed by atoms with Crippen LogP contribution in [0.15, 0.2) is 18.2 Å². The Morgan fingerprint density at radius 1 is 1.53 bits per heavy atom. The number of nitrogens with one attached hydrogen (secondary N) is 1. The van der Waals surface area contributed by atoms with Crippen molar-refractivity contribution < 1.29 is 5.11 Å². The topological polar surface area (TPSA) is 78.2 Å². The van der Waals surface area contributed by atoms with Gasteiger partial charge in [0, 0.05) is 18.8 Å². The van der Waals surface area contributed by atoms with E-state index >= 15 is 0 Å². The average Bonchev–Trinajstić information content (AvgIpc) is 2.75. The van der Waals surface area contributed by atoms with Gasteiger partial charge in [-0.2, -0.15) is 0 Å². The molecule has 5 heteroatoms. The third-order valence-corrected chi connectivity index (χ3v) is 3.87. The summed E-state index contributed by atoms with van der Waals surface area (Å²) in [4.78, 5) is 10.2. The van der Waals surface area contributed by atoms with Crippen LogP contribution in [0.1, 0.15) is 19.2 Å². The molecule has 1 saturated heterocycles. The molecule has 0 saturated carbocycles. The number of rotatable bonds is 2. The minimum absolute atomic E-state index is 0.160. The van der Waals surface area contributed by atoms with Gasteiger partial charge in [0.05, 0.1) is 23.7 Å². The third kappa shape index (κ3) is 2.57. The van der Waals surface area contributed by atoms with Gasteiger partial charge >= 0.3 is 0 Å². The number of hydrogen-bond acceptors (Lipinski definition) is 4. The van der Waals surface area contributed by atoms with E-state index in [4.69, 9.17) is 5.73 Å². The van der Waals surface area contributed by atoms with E-state index in [1.165, 1.54) is 0 Å². The molecular weight excluding hydrogens is 240 g/mol. The first kappa shape index (κ1) is 12.4. The number of anilines is 1. The van der Waals surface area contributed by atoms with E-state index < -0.39 is 0 Å². The maximum Gasteiger partial charge on any atom is 0.121 e. The summed E-state index contributed by atoms with van der Waals surface area (Å²) in [7, 11) is 0. The molecule has 0 radical (unpaired) electrons. The number of benzene rings is 1. The highest BCUT2D eigenvalue weighted by molar-refractivity contribution is 5.78. The molecule has 2 unspecified atom stereocenters. The second kappa shape index (κ2) is 4.83. The average molecular weight is 260 g/mol. The zero-order valence-corrected chi connectivity index (χ0v) is 11.1. The predicted molar refractivity (Wildman–Crippen MR) is 75.6 cm³/mol. The van der Waals surface area contributed by atoms with Crippen molar-refractivity contribution in [3.05, 3.63) is 24.0 Å². The van der Waals surface area contributed by atoms with Gasteiger partial charge in [-0.1, -0.05) is 6.92 Å². The van der Waals surface area contributed by atoms with E-state index in [-0.39, 0.29) is 6.10 Å². The highest BCUT2D eigenvalue weighted by atomic mass is 16.3. The largest absolute Gasteiger partial charge is 0.399 e. The second-order valence-corrected chi connectivity index (χ2v) is 5.53. The number of likely N-dealkylation sites (tertiary alicyclic amines) is 1. The highest BCUT2D eigenvalue weighted by Gasteiger charge is 2.24. The van der Waals surface area contributed by atoms with E-state index in [9.17, 15) is 5.11 Å². The summed E-state index contributed by atoms with van der Waals surface area (Å²) in [6.07, 6.45) is 0.681. The van der Waals surface area contributed by atoms with Crippen molar-refractivity contribution in [1.82, 2.24) is 14.9 Å². The smallest absolute Gasteiger partial charge is 0.121 e. The Morgan fingerprint density at radius 3 is 3.16 bits per heavy atom. The molecule has 4 N–H and O–H groups in total. The molecule has 1 aromatic heterocycles. The lowest BCUT2D eigenvalue weighted by atomic mass is 9.97. The van der Waals surface area contributed by atoms with Crippen LogP contribution in [0.5, 0.6) is 0 Å². The van der Waals surface area contributed by atoms with Crippen LogP contribution in [-0.4, -0.2) is 39.2 Å². The Balaban J connectivity index is 1.74. The summed E-state index contributed by atoms with van der Waals surface area (Å²) >= 11 is 0. The van der Waals surface area contributed by atoms with Gasteiger partial charge in [0.1, 0.15) is 5.82 Å².